The van der Waals surface area contributed by atoms with Gasteiger partial charge in [0.2, 0.25) is 0 Å². The Bertz CT molecular complexity index is 1030. The highest BCUT2D eigenvalue weighted by Gasteiger charge is 2.30. The second kappa shape index (κ2) is 10.8. The Morgan fingerprint density at radius 3 is 1.31 bits per heavy atom. The second-order valence-corrected chi connectivity index (χ2v) is 15.3. The van der Waals surface area contributed by atoms with E-state index in [2.05, 4.69) is 74.5 Å². The Labute approximate surface area is 217 Å². The lowest BCUT2D eigenvalue weighted by Gasteiger charge is -2.19. The number of thioether (sulfide) groups is 6. The SMILES string of the molecule is CC1=C2SCCCCSC3=C(C)S/C(=C(c4ccccc4)/C(c4ccccc4)=C(/S1)S2)S3. The van der Waals surface area contributed by atoms with Gasteiger partial charge in [0, 0.05) is 21.0 Å². The van der Waals surface area contributed by atoms with Crippen LogP contribution in [-0.4, -0.2) is 11.5 Å². The van der Waals surface area contributed by atoms with Crippen LogP contribution >= 0.6 is 70.6 Å². The molecule has 0 spiro atoms. The fourth-order valence-electron chi connectivity index (χ4n) is 3.65. The molecule has 3 heterocycles. The number of benzene rings is 2. The molecular weight excluding hydrogens is 505 g/mol. The minimum Gasteiger partial charge on any atom is -0.118 e. The van der Waals surface area contributed by atoms with Crippen molar-refractivity contribution in [3.8, 4) is 0 Å². The van der Waals surface area contributed by atoms with Crippen LogP contribution in [0, 0.1) is 0 Å². The predicted octanol–water partition coefficient (Wildman–Crippen LogP) is 10.3. The maximum Gasteiger partial charge on any atom is 0.0586 e. The van der Waals surface area contributed by atoms with Crippen molar-refractivity contribution in [1.82, 2.24) is 0 Å². The molecule has 0 unspecified atom stereocenters. The van der Waals surface area contributed by atoms with Crippen LogP contribution < -0.4 is 0 Å². The van der Waals surface area contributed by atoms with Gasteiger partial charge in [-0.25, -0.2) is 0 Å². The summed E-state index contributed by atoms with van der Waals surface area (Å²) in [4.78, 5) is 2.90. The van der Waals surface area contributed by atoms with Crippen LogP contribution in [0.25, 0.3) is 11.1 Å². The molecule has 32 heavy (non-hydrogen) atoms. The number of fused-ring (bicyclic) bond motifs is 4. The molecule has 0 amide bonds. The molecule has 0 aromatic heterocycles. The van der Waals surface area contributed by atoms with Crippen molar-refractivity contribution in [2.45, 2.75) is 26.7 Å². The topological polar surface area (TPSA) is 0 Å². The van der Waals surface area contributed by atoms with Gasteiger partial charge in [-0.1, -0.05) is 108 Å². The third-order valence-corrected chi connectivity index (χ3v) is 13.6. The van der Waals surface area contributed by atoms with Crippen molar-refractivity contribution < 1.29 is 0 Å². The highest BCUT2D eigenvalue weighted by molar-refractivity contribution is 8.36. The highest BCUT2D eigenvalue weighted by atomic mass is 32.2. The Morgan fingerprint density at radius 2 is 0.906 bits per heavy atom. The van der Waals surface area contributed by atoms with E-state index in [-0.39, 0.29) is 0 Å². The highest BCUT2D eigenvalue weighted by Crippen LogP contribution is 2.62. The fourth-order valence-corrected chi connectivity index (χ4v) is 12.2. The molecule has 0 saturated carbocycles. The summed E-state index contributed by atoms with van der Waals surface area (Å²) in [6.07, 6.45) is 2.57. The first kappa shape index (κ1) is 23.3. The summed E-state index contributed by atoms with van der Waals surface area (Å²) in [5.41, 5.74) is 5.38. The summed E-state index contributed by atoms with van der Waals surface area (Å²) in [5, 5.41) is 0. The Kier molecular flexibility index (Phi) is 7.87. The van der Waals surface area contributed by atoms with E-state index >= 15 is 0 Å². The maximum absolute atomic E-state index is 2.29. The van der Waals surface area contributed by atoms with Crippen LogP contribution in [0.2, 0.25) is 0 Å². The predicted molar refractivity (Wildman–Crippen MR) is 157 cm³/mol. The first-order valence-electron chi connectivity index (χ1n) is 10.7. The van der Waals surface area contributed by atoms with Crippen molar-refractivity contribution in [2.75, 3.05) is 11.5 Å². The van der Waals surface area contributed by atoms with E-state index < -0.39 is 0 Å². The zero-order valence-corrected chi connectivity index (χ0v) is 23.0. The average molecular weight is 529 g/mol. The minimum atomic E-state index is 1.21. The zero-order chi connectivity index (χ0) is 21.9. The van der Waals surface area contributed by atoms with Crippen molar-refractivity contribution in [2.24, 2.45) is 0 Å². The Balaban J connectivity index is 1.73. The first-order chi connectivity index (χ1) is 15.7. The van der Waals surface area contributed by atoms with Crippen molar-refractivity contribution >= 4 is 81.7 Å². The molecule has 4 bridgehead atoms. The van der Waals surface area contributed by atoms with Gasteiger partial charge in [0.15, 0.2) is 0 Å². The molecular formula is C26H24S6. The van der Waals surface area contributed by atoms with Gasteiger partial charge in [-0.05, 0) is 49.3 Å². The standard InChI is InChI=1S/C26H24S6/c1-17-23-27-15-9-10-16-28-24-18(2)30-26(32-24)22(20-13-7-4-8-14-20)21(25(29-17)31-23)19-11-5-3-6-12-19/h3-8,11-14H,9-10,15-16H2,1-2H3/b25-21-,26-22-. The number of hydrogen-bond acceptors (Lipinski definition) is 6. The molecule has 0 aliphatic carbocycles. The fraction of sp³-hybridized carbons (Fsp3) is 0.231. The van der Waals surface area contributed by atoms with Crippen LogP contribution in [0.5, 0.6) is 0 Å². The van der Waals surface area contributed by atoms with Crippen molar-refractivity contribution in [3.05, 3.63) is 98.5 Å². The smallest absolute Gasteiger partial charge is 0.0586 e. The van der Waals surface area contributed by atoms with Gasteiger partial charge < -0.3 is 0 Å². The summed E-state index contributed by atoms with van der Waals surface area (Å²) in [6.45, 7) is 4.59. The molecule has 6 heteroatoms. The molecule has 0 fully saturated rings. The van der Waals surface area contributed by atoms with Crippen LogP contribution in [-0.2, 0) is 0 Å². The van der Waals surface area contributed by atoms with Gasteiger partial charge >= 0.3 is 0 Å². The normalized spacial score (nSPS) is 24.8. The van der Waals surface area contributed by atoms with E-state index in [4.69, 9.17) is 0 Å². The quantitative estimate of drug-likeness (QED) is 0.377. The van der Waals surface area contributed by atoms with Gasteiger partial charge in [0.1, 0.15) is 0 Å². The first-order valence-corrected chi connectivity index (χ1v) is 15.9. The molecule has 0 radical (unpaired) electrons. The van der Waals surface area contributed by atoms with E-state index in [1.165, 1.54) is 73.4 Å². The lowest BCUT2D eigenvalue weighted by Crippen LogP contribution is -1.95. The molecule has 3 aliphatic rings. The van der Waals surface area contributed by atoms with Crippen molar-refractivity contribution in [3.63, 3.8) is 0 Å². The monoisotopic (exact) mass is 528 g/mol. The minimum absolute atomic E-state index is 1.21. The van der Waals surface area contributed by atoms with E-state index in [0.29, 0.717) is 0 Å². The third-order valence-electron chi connectivity index (χ3n) is 5.23. The summed E-state index contributed by atoms with van der Waals surface area (Å²) < 4.78 is 5.81. The summed E-state index contributed by atoms with van der Waals surface area (Å²) >= 11 is 12.0. The maximum atomic E-state index is 2.29. The van der Waals surface area contributed by atoms with E-state index in [9.17, 15) is 0 Å². The second-order valence-electron chi connectivity index (χ2n) is 7.56. The Morgan fingerprint density at radius 1 is 0.500 bits per heavy atom. The molecule has 2 aromatic carbocycles. The molecule has 164 valence electrons. The molecule has 0 nitrogen and oxygen atoms in total. The van der Waals surface area contributed by atoms with Crippen molar-refractivity contribution in [1.29, 1.82) is 0 Å². The molecule has 0 atom stereocenters. The molecule has 0 saturated heterocycles. The van der Waals surface area contributed by atoms with E-state index in [1.54, 1.807) is 0 Å². The molecule has 0 N–H and O–H groups in total. The Hall–Kier alpha value is -0.500. The average Bonchev–Trinajstić information content (AvgIpc) is 3.36. The summed E-state index contributed by atoms with van der Waals surface area (Å²) in [7, 11) is 0. The molecule has 3 aliphatic heterocycles. The van der Waals surface area contributed by atoms with Gasteiger partial charge in [-0.2, -0.15) is 0 Å². The summed E-state index contributed by atoms with van der Waals surface area (Å²) in [6, 6.07) is 22.0. The molecule has 5 rings (SSSR count). The van der Waals surface area contributed by atoms with Crippen LogP contribution in [0.4, 0.5) is 0 Å². The number of hydrogen-bond donors (Lipinski definition) is 0. The number of rotatable bonds is 2. The lowest BCUT2D eigenvalue weighted by molar-refractivity contribution is 0.910. The van der Waals surface area contributed by atoms with Crippen LogP contribution in [0.3, 0.4) is 0 Å². The van der Waals surface area contributed by atoms with Gasteiger partial charge in [-0.3, -0.25) is 0 Å². The third kappa shape index (κ3) is 5.11. The van der Waals surface area contributed by atoms with Crippen LogP contribution in [0.1, 0.15) is 37.8 Å². The van der Waals surface area contributed by atoms with Crippen LogP contribution in [0.15, 0.2) is 87.4 Å². The van der Waals surface area contributed by atoms with E-state index in [1.807, 2.05) is 70.6 Å². The zero-order valence-electron chi connectivity index (χ0n) is 18.1. The summed E-state index contributed by atoms with van der Waals surface area (Å²) in [5.74, 6) is 2.42. The lowest BCUT2D eigenvalue weighted by atomic mass is 9.95. The van der Waals surface area contributed by atoms with Gasteiger partial charge in [-0.15, -0.1) is 23.5 Å². The largest absolute Gasteiger partial charge is 0.118 e. The van der Waals surface area contributed by atoms with Gasteiger partial charge in [0.25, 0.3) is 0 Å². The van der Waals surface area contributed by atoms with E-state index in [0.717, 1.165) is 0 Å². The molecule has 2 aromatic rings. The number of allylic oxidation sites excluding steroid dienone is 4. The van der Waals surface area contributed by atoms with Gasteiger partial charge in [0.05, 0.1) is 16.9 Å².